The zero-order chi connectivity index (χ0) is 21.2. The zero-order valence-corrected chi connectivity index (χ0v) is 16.3. The number of hydrogen-bond acceptors (Lipinski definition) is 5. The maximum Gasteiger partial charge on any atom is 0.416 e. The second-order valence-electron chi connectivity index (χ2n) is 7.78. The largest absolute Gasteiger partial charge is 0.416 e. The molecule has 2 aliphatic rings. The fourth-order valence-corrected chi connectivity index (χ4v) is 3.81. The number of likely N-dealkylation sites (tertiary alicyclic amines) is 1. The number of hydrogen-bond donors (Lipinski definition) is 0. The normalized spacial score (nSPS) is 19.4. The van der Waals surface area contributed by atoms with Crippen molar-refractivity contribution in [2.45, 2.75) is 25.9 Å². The Balaban J connectivity index is 1.60. The third-order valence-corrected chi connectivity index (χ3v) is 5.71. The molecule has 10 heteroatoms. The van der Waals surface area contributed by atoms with Gasteiger partial charge in [-0.1, -0.05) is 6.92 Å². The number of nitrogens with zero attached hydrogens (tertiary/aromatic N) is 4. The number of carbonyl (C=O) groups is 1. The lowest BCUT2D eigenvalue weighted by atomic mass is 9.99. The van der Waals surface area contributed by atoms with E-state index < -0.39 is 22.4 Å². The van der Waals surface area contributed by atoms with Gasteiger partial charge in [-0.15, -0.1) is 0 Å². The van der Waals surface area contributed by atoms with Gasteiger partial charge in [-0.3, -0.25) is 19.8 Å². The SMILES string of the molecule is CC1CCN(C(=O)CN2CCN(c3ccc(C(F)(F)F)cc3[N+](=O)[O-])CC2)CC1. The quantitative estimate of drug-likeness (QED) is 0.560. The molecule has 2 saturated heterocycles. The Kier molecular flexibility index (Phi) is 6.30. The summed E-state index contributed by atoms with van der Waals surface area (Å²) in [6.45, 7) is 5.91. The molecule has 0 aromatic heterocycles. The van der Waals surface area contributed by atoms with E-state index in [1.807, 2.05) is 9.80 Å². The fourth-order valence-electron chi connectivity index (χ4n) is 3.81. The van der Waals surface area contributed by atoms with E-state index >= 15 is 0 Å². The third kappa shape index (κ3) is 5.17. The molecule has 2 heterocycles. The van der Waals surface area contributed by atoms with E-state index in [4.69, 9.17) is 0 Å². The lowest BCUT2D eigenvalue weighted by Crippen LogP contribution is -2.51. The summed E-state index contributed by atoms with van der Waals surface area (Å²) in [4.78, 5) is 28.6. The standard InChI is InChI=1S/C19H25F3N4O3/c1-14-4-6-25(7-5-14)18(27)13-23-8-10-24(11-9-23)16-3-2-15(19(20,21)22)12-17(16)26(28)29/h2-3,12,14H,4-11,13H2,1H3. The van der Waals surface area contributed by atoms with Gasteiger partial charge in [0.05, 0.1) is 17.0 Å². The summed E-state index contributed by atoms with van der Waals surface area (Å²) >= 11 is 0. The van der Waals surface area contributed by atoms with Crippen LogP contribution in [0.4, 0.5) is 24.5 Å². The highest BCUT2D eigenvalue weighted by atomic mass is 19.4. The highest BCUT2D eigenvalue weighted by Crippen LogP contribution is 2.36. The van der Waals surface area contributed by atoms with Crippen LogP contribution in [0.5, 0.6) is 0 Å². The number of alkyl halides is 3. The number of halogens is 3. The molecule has 1 aromatic carbocycles. The Morgan fingerprint density at radius 3 is 2.31 bits per heavy atom. The first-order chi connectivity index (χ1) is 13.6. The van der Waals surface area contributed by atoms with Crippen molar-refractivity contribution in [2.24, 2.45) is 5.92 Å². The Morgan fingerprint density at radius 2 is 1.76 bits per heavy atom. The molecule has 0 bridgehead atoms. The van der Waals surface area contributed by atoms with Crippen LogP contribution in [0, 0.1) is 16.0 Å². The number of carbonyl (C=O) groups excluding carboxylic acids is 1. The maximum absolute atomic E-state index is 12.9. The summed E-state index contributed by atoms with van der Waals surface area (Å²) in [5, 5.41) is 11.3. The van der Waals surface area contributed by atoms with Crippen molar-refractivity contribution in [1.29, 1.82) is 0 Å². The highest BCUT2D eigenvalue weighted by molar-refractivity contribution is 5.78. The van der Waals surface area contributed by atoms with E-state index in [0.717, 1.165) is 38.1 Å². The topological polar surface area (TPSA) is 69.9 Å². The number of nitro groups is 1. The Morgan fingerprint density at radius 1 is 1.14 bits per heavy atom. The summed E-state index contributed by atoms with van der Waals surface area (Å²) in [5.74, 6) is 0.730. The molecular weight excluding hydrogens is 389 g/mol. The van der Waals surface area contributed by atoms with Gasteiger partial charge in [0.1, 0.15) is 5.69 Å². The minimum Gasteiger partial charge on any atom is -0.363 e. The summed E-state index contributed by atoms with van der Waals surface area (Å²) in [5.41, 5.74) is -1.40. The first kappa shape index (κ1) is 21.4. The zero-order valence-electron chi connectivity index (χ0n) is 16.3. The van der Waals surface area contributed by atoms with Crippen LogP contribution in [0.15, 0.2) is 18.2 Å². The number of amides is 1. The lowest BCUT2D eigenvalue weighted by Gasteiger charge is -2.37. The molecule has 0 radical (unpaired) electrons. The van der Waals surface area contributed by atoms with Gasteiger partial charge in [-0.2, -0.15) is 13.2 Å². The van der Waals surface area contributed by atoms with Gasteiger partial charge in [0.15, 0.2) is 0 Å². The Bertz CT molecular complexity index is 756. The predicted octanol–water partition coefficient (Wildman–Crippen LogP) is 2.99. The monoisotopic (exact) mass is 414 g/mol. The van der Waals surface area contributed by atoms with E-state index in [9.17, 15) is 28.1 Å². The number of rotatable bonds is 4. The predicted molar refractivity (Wildman–Crippen MR) is 102 cm³/mol. The van der Waals surface area contributed by atoms with Gasteiger partial charge in [0.25, 0.3) is 5.69 Å². The first-order valence-electron chi connectivity index (χ1n) is 9.76. The summed E-state index contributed by atoms with van der Waals surface area (Å²) in [6, 6.07) is 2.62. The van der Waals surface area contributed by atoms with Crippen LogP contribution >= 0.6 is 0 Å². The average molecular weight is 414 g/mol. The van der Waals surface area contributed by atoms with Crippen LogP contribution in [0.1, 0.15) is 25.3 Å². The second kappa shape index (κ2) is 8.56. The van der Waals surface area contributed by atoms with E-state index in [2.05, 4.69) is 6.92 Å². The number of piperazine rings is 1. The van der Waals surface area contributed by atoms with Crippen LogP contribution in [-0.2, 0) is 11.0 Å². The molecule has 1 aromatic rings. The van der Waals surface area contributed by atoms with Gasteiger partial charge in [0.2, 0.25) is 5.91 Å². The van der Waals surface area contributed by atoms with Crippen molar-refractivity contribution < 1.29 is 22.9 Å². The molecule has 0 unspecified atom stereocenters. The average Bonchev–Trinajstić information content (AvgIpc) is 2.68. The molecular formula is C19H25F3N4O3. The molecule has 160 valence electrons. The van der Waals surface area contributed by atoms with E-state index in [-0.39, 0.29) is 11.6 Å². The number of piperidine rings is 1. The van der Waals surface area contributed by atoms with E-state index in [1.54, 1.807) is 4.90 Å². The molecule has 29 heavy (non-hydrogen) atoms. The van der Waals surface area contributed by atoms with Crippen LogP contribution in [0.2, 0.25) is 0 Å². The molecule has 0 N–H and O–H groups in total. The lowest BCUT2D eigenvalue weighted by molar-refractivity contribution is -0.384. The van der Waals surface area contributed by atoms with Crippen LogP contribution in [0.3, 0.4) is 0 Å². The molecule has 7 nitrogen and oxygen atoms in total. The number of anilines is 1. The molecule has 2 aliphatic heterocycles. The minimum absolute atomic E-state index is 0.0888. The molecule has 1 amide bonds. The van der Waals surface area contributed by atoms with Gasteiger partial charge in [-0.25, -0.2) is 0 Å². The fraction of sp³-hybridized carbons (Fsp3) is 0.632. The Hall–Kier alpha value is -2.36. The van der Waals surface area contributed by atoms with Gasteiger partial charge in [0, 0.05) is 45.3 Å². The molecule has 3 rings (SSSR count). The third-order valence-electron chi connectivity index (χ3n) is 5.71. The highest BCUT2D eigenvalue weighted by Gasteiger charge is 2.34. The van der Waals surface area contributed by atoms with Gasteiger partial charge < -0.3 is 9.80 Å². The maximum atomic E-state index is 12.9. The van der Waals surface area contributed by atoms with Crippen LogP contribution in [-0.4, -0.2) is 66.4 Å². The van der Waals surface area contributed by atoms with Crippen molar-refractivity contribution in [1.82, 2.24) is 9.80 Å². The van der Waals surface area contributed by atoms with Gasteiger partial charge >= 0.3 is 6.18 Å². The minimum atomic E-state index is -4.63. The summed E-state index contributed by atoms with van der Waals surface area (Å²) in [6.07, 6.45) is -2.61. The van der Waals surface area contributed by atoms with Crippen molar-refractivity contribution >= 4 is 17.3 Å². The van der Waals surface area contributed by atoms with E-state index in [0.29, 0.717) is 44.7 Å². The van der Waals surface area contributed by atoms with Crippen molar-refractivity contribution in [2.75, 3.05) is 50.7 Å². The molecule has 0 spiro atoms. The second-order valence-corrected chi connectivity index (χ2v) is 7.78. The van der Waals surface area contributed by atoms with Crippen molar-refractivity contribution in [3.63, 3.8) is 0 Å². The van der Waals surface area contributed by atoms with E-state index in [1.165, 1.54) is 0 Å². The van der Waals surface area contributed by atoms with Crippen molar-refractivity contribution in [3.05, 3.63) is 33.9 Å². The molecule has 0 aliphatic carbocycles. The van der Waals surface area contributed by atoms with Crippen molar-refractivity contribution in [3.8, 4) is 0 Å². The van der Waals surface area contributed by atoms with Gasteiger partial charge in [-0.05, 0) is 30.9 Å². The molecule has 0 saturated carbocycles. The number of benzene rings is 1. The number of nitro benzene ring substituents is 1. The molecule has 2 fully saturated rings. The summed E-state index contributed by atoms with van der Waals surface area (Å²) in [7, 11) is 0. The van der Waals surface area contributed by atoms with Crippen LogP contribution < -0.4 is 4.90 Å². The smallest absolute Gasteiger partial charge is 0.363 e. The first-order valence-corrected chi connectivity index (χ1v) is 9.76. The Labute approximate surface area is 167 Å². The van der Waals surface area contributed by atoms with Crippen LogP contribution in [0.25, 0.3) is 0 Å². The molecule has 0 atom stereocenters. The summed E-state index contributed by atoms with van der Waals surface area (Å²) < 4.78 is 38.6.